The van der Waals surface area contributed by atoms with E-state index in [0.717, 1.165) is 25.7 Å². The zero-order chi connectivity index (χ0) is 24.4. The van der Waals surface area contributed by atoms with E-state index in [1.165, 1.54) is 24.5 Å². The highest BCUT2D eigenvalue weighted by Gasteiger charge is 2.36. The molecule has 0 saturated carbocycles. The Kier molecular flexibility index (Phi) is 7.17. The third-order valence-electron chi connectivity index (χ3n) is 6.08. The summed E-state index contributed by atoms with van der Waals surface area (Å²) in [7, 11) is 0. The van der Waals surface area contributed by atoms with Crippen LogP contribution < -0.4 is 15.4 Å². The van der Waals surface area contributed by atoms with Crippen LogP contribution in [0.4, 0.5) is 21.6 Å². The van der Waals surface area contributed by atoms with Crippen LogP contribution in [0.5, 0.6) is 5.75 Å². The number of rotatable bonds is 7. The summed E-state index contributed by atoms with van der Waals surface area (Å²) in [6.07, 6.45) is 8.77. The monoisotopic (exact) mass is 560 g/mol. The van der Waals surface area contributed by atoms with E-state index in [4.69, 9.17) is 21.1 Å². The lowest BCUT2D eigenvalue weighted by Gasteiger charge is -2.29. The normalized spacial score (nSPS) is 21.4. The predicted molar refractivity (Wildman–Crippen MR) is 137 cm³/mol. The Hall–Kier alpha value is -2.75. The molecule has 1 aromatic heterocycles. The Morgan fingerprint density at radius 2 is 2.03 bits per heavy atom. The first kappa shape index (κ1) is 24.0. The molecule has 2 bridgehead atoms. The van der Waals surface area contributed by atoms with Gasteiger partial charge in [-0.2, -0.15) is 0 Å². The minimum absolute atomic E-state index is 0.000933. The van der Waals surface area contributed by atoms with Crippen LogP contribution in [0.15, 0.2) is 48.8 Å². The van der Waals surface area contributed by atoms with E-state index in [2.05, 4.69) is 36.5 Å². The van der Waals surface area contributed by atoms with Gasteiger partial charge >= 0.3 is 0 Å². The van der Waals surface area contributed by atoms with Gasteiger partial charge in [-0.05, 0) is 37.1 Å². The van der Waals surface area contributed by atoms with Crippen LogP contribution in [0.25, 0.3) is 10.9 Å². The van der Waals surface area contributed by atoms with Crippen molar-refractivity contribution in [2.24, 2.45) is 0 Å². The van der Waals surface area contributed by atoms with Crippen molar-refractivity contribution in [2.75, 3.05) is 16.0 Å². The number of benzene rings is 2. The highest BCUT2D eigenvalue weighted by atomic mass is 79.9. The largest absolute Gasteiger partial charge is 0.488 e. The Labute approximate surface area is 215 Å². The Balaban J connectivity index is 1.49. The van der Waals surface area contributed by atoms with Gasteiger partial charge in [-0.25, -0.2) is 14.4 Å². The smallest absolute Gasteiger partial charge is 0.248 e. The summed E-state index contributed by atoms with van der Waals surface area (Å²) in [6, 6.07) is 7.92. The number of ether oxygens (including phenoxy) is 2. The maximum atomic E-state index is 13.6. The lowest BCUT2D eigenvalue weighted by atomic mass is 10.1. The van der Waals surface area contributed by atoms with Crippen molar-refractivity contribution in [1.29, 1.82) is 0 Å². The molecule has 0 aliphatic carbocycles. The van der Waals surface area contributed by atoms with Crippen LogP contribution in [0.2, 0.25) is 5.02 Å². The van der Waals surface area contributed by atoms with Crippen LogP contribution in [0.1, 0.15) is 25.7 Å². The van der Waals surface area contributed by atoms with E-state index in [1.807, 2.05) is 0 Å². The van der Waals surface area contributed by atoms with Crippen molar-refractivity contribution in [2.45, 2.75) is 44.0 Å². The molecule has 10 heteroatoms. The van der Waals surface area contributed by atoms with Crippen LogP contribution in [0, 0.1) is 5.82 Å². The van der Waals surface area contributed by atoms with E-state index in [0.29, 0.717) is 39.2 Å². The fraction of sp³-hybridized carbons (Fsp3) is 0.320. The van der Waals surface area contributed by atoms with Gasteiger partial charge in [0.15, 0.2) is 0 Å². The summed E-state index contributed by atoms with van der Waals surface area (Å²) in [4.78, 5) is 21.3. The van der Waals surface area contributed by atoms with E-state index in [1.54, 1.807) is 24.3 Å². The van der Waals surface area contributed by atoms with Crippen LogP contribution in [0.3, 0.4) is 0 Å². The first-order valence-corrected chi connectivity index (χ1v) is 12.8. The zero-order valence-electron chi connectivity index (χ0n) is 18.6. The fourth-order valence-electron chi connectivity index (χ4n) is 4.50. The number of nitrogens with one attached hydrogen (secondary N) is 2. The molecule has 35 heavy (non-hydrogen) atoms. The highest BCUT2D eigenvalue weighted by molar-refractivity contribution is 9.09. The number of hydrogen-bond donors (Lipinski definition) is 2. The number of nitrogens with zero attached hydrogens (tertiary/aromatic N) is 2. The molecule has 182 valence electrons. The molecule has 2 unspecified atom stereocenters. The first-order chi connectivity index (χ1) is 17.0. The summed E-state index contributed by atoms with van der Waals surface area (Å²) in [5.41, 5.74) is 1.71. The van der Waals surface area contributed by atoms with Gasteiger partial charge < -0.3 is 20.1 Å². The number of carbonyl (C=O) groups excluding carboxylic acids is 1. The van der Waals surface area contributed by atoms with Gasteiger partial charge in [-0.1, -0.05) is 33.6 Å². The quantitative estimate of drug-likeness (QED) is 0.266. The van der Waals surface area contributed by atoms with E-state index < -0.39 is 5.82 Å². The molecule has 0 spiro atoms. The molecule has 3 heterocycles. The van der Waals surface area contributed by atoms with Crippen LogP contribution in [-0.4, -0.2) is 39.5 Å². The SMILES string of the molecule is O=C(/C=C/CBr)Nc1cc2c(Nc3ccc(F)c(Cl)c3)ncnc2cc1OC1CC2CCC(C1)O2. The average molecular weight is 562 g/mol. The summed E-state index contributed by atoms with van der Waals surface area (Å²) >= 11 is 9.21. The third kappa shape index (κ3) is 5.58. The fourth-order valence-corrected chi connectivity index (χ4v) is 4.87. The van der Waals surface area contributed by atoms with Gasteiger partial charge in [-0.3, -0.25) is 4.79 Å². The lowest BCUT2D eigenvalue weighted by molar-refractivity contribution is -0.112. The number of aromatic nitrogens is 2. The van der Waals surface area contributed by atoms with Crippen molar-refractivity contribution in [3.63, 3.8) is 0 Å². The van der Waals surface area contributed by atoms with Crippen molar-refractivity contribution in [1.82, 2.24) is 9.97 Å². The second-order valence-electron chi connectivity index (χ2n) is 8.56. The minimum Gasteiger partial charge on any atom is -0.488 e. The summed E-state index contributed by atoms with van der Waals surface area (Å²) in [5.74, 6) is 0.241. The van der Waals surface area contributed by atoms with Gasteiger partial charge in [0.25, 0.3) is 0 Å². The molecule has 7 nitrogen and oxygen atoms in total. The molecule has 0 radical (unpaired) electrons. The molecule has 2 saturated heterocycles. The molecule has 2 fully saturated rings. The number of halogens is 3. The second kappa shape index (κ2) is 10.5. The number of hydrogen-bond acceptors (Lipinski definition) is 6. The average Bonchev–Trinajstić information content (AvgIpc) is 3.18. The number of amides is 1. The topological polar surface area (TPSA) is 85.4 Å². The molecule has 2 aromatic carbocycles. The number of alkyl halides is 1. The van der Waals surface area contributed by atoms with Gasteiger partial charge in [0.2, 0.25) is 5.91 Å². The van der Waals surface area contributed by atoms with E-state index in [9.17, 15) is 9.18 Å². The zero-order valence-corrected chi connectivity index (χ0v) is 21.0. The maximum Gasteiger partial charge on any atom is 0.248 e. The first-order valence-electron chi connectivity index (χ1n) is 11.3. The molecule has 2 N–H and O–H groups in total. The molecule has 2 aliphatic rings. The van der Waals surface area contributed by atoms with Crippen molar-refractivity contribution in [3.8, 4) is 5.75 Å². The van der Waals surface area contributed by atoms with Crippen molar-refractivity contribution >= 4 is 61.5 Å². The van der Waals surface area contributed by atoms with Gasteiger partial charge in [0.05, 0.1) is 28.4 Å². The van der Waals surface area contributed by atoms with E-state index in [-0.39, 0.29) is 29.2 Å². The maximum absolute atomic E-state index is 13.6. The van der Waals surface area contributed by atoms with Crippen molar-refractivity contribution < 1.29 is 18.7 Å². The molecule has 1 amide bonds. The molecule has 3 aromatic rings. The van der Waals surface area contributed by atoms with Gasteiger partial charge in [0.1, 0.15) is 29.8 Å². The molecule has 2 aliphatic heterocycles. The number of anilines is 3. The van der Waals surface area contributed by atoms with E-state index >= 15 is 0 Å². The summed E-state index contributed by atoms with van der Waals surface area (Å²) < 4.78 is 25.9. The Morgan fingerprint density at radius 1 is 1.23 bits per heavy atom. The van der Waals surface area contributed by atoms with Gasteiger partial charge in [0, 0.05) is 41.4 Å². The van der Waals surface area contributed by atoms with Crippen LogP contribution in [-0.2, 0) is 9.53 Å². The molecule has 2 atom stereocenters. The standard InChI is InChI=1S/C25H23BrClFN4O3/c26-7-1-2-24(33)32-22-11-18-21(12-23(22)35-17-9-15-4-5-16(10-17)34-15)29-13-30-25(18)31-14-3-6-20(28)19(27)8-14/h1-3,6,8,11-13,15-17H,4-5,7,9-10H2,(H,32,33)(H,29,30,31)/b2-1+. The molecule has 5 rings (SSSR count). The summed E-state index contributed by atoms with van der Waals surface area (Å²) in [6.45, 7) is 0. The highest BCUT2D eigenvalue weighted by Crippen LogP contribution is 2.38. The van der Waals surface area contributed by atoms with Crippen molar-refractivity contribution in [3.05, 3.63) is 59.7 Å². The molecular weight excluding hydrogens is 539 g/mol. The number of allylic oxidation sites excluding steroid dienone is 1. The predicted octanol–water partition coefficient (Wildman–Crippen LogP) is 6.14. The lowest BCUT2D eigenvalue weighted by Crippen LogP contribution is -2.32. The summed E-state index contributed by atoms with van der Waals surface area (Å²) in [5, 5.41) is 7.30. The molecular formula is C25H23BrClFN4O3. The minimum atomic E-state index is -0.505. The second-order valence-corrected chi connectivity index (χ2v) is 9.61. The van der Waals surface area contributed by atoms with Gasteiger partial charge in [-0.15, -0.1) is 0 Å². The van der Waals surface area contributed by atoms with Crippen LogP contribution >= 0.6 is 27.5 Å². The number of carbonyl (C=O) groups is 1. The Bertz CT molecular complexity index is 1280. The number of fused-ring (bicyclic) bond motifs is 3. The third-order valence-corrected chi connectivity index (χ3v) is 6.74. The Morgan fingerprint density at radius 3 is 2.77 bits per heavy atom.